The normalized spacial score (nSPS) is 10.2. The number of nitrogens with zero attached hydrogens (tertiary/aromatic N) is 1. The van der Waals surface area contributed by atoms with Crippen LogP contribution in [0.1, 0.15) is 10.4 Å². The number of carbonyl (C=O) groups is 1. The van der Waals surface area contributed by atoms with Crippen LogP contribution in [-0.2, 0) is 7.05 Å². The Bertz CT molecular complexity index is 653. The zero-order valence-corrected chi connectivity index (χ0v) is 10.6. The highest BCUT2D eigenvalue weighted by atomic mass is 16.5. The molecule has 0 saturated carbocycles. The molecular weight excluding hydrogens is 244 g/mol. The number of aromatic nitrogens is 1. The summed E-state index contributed by atoms with van der Waals surface area (Å²) in [5.41, 5.74) is 0.574. The largest absolute Gasteiger partial charge is 0.370 e. The Kier molecular flexibility index (Phi) is 3.66. The Hall–Kier alpha value is -2.56. The van der Waals surface area contributed by atoms with Gasteiger partial charge in [-0.1, -0.05) is 36.4 Å². The quantitative estimate of drug-likeness (QED) is 0.846. The molecule has 5 heteroatoms. The van der Waals surface area contributed by atoms with E-state index in [2.05, 4.69) is 11.9 Å². The third-order valence-electron chi connectivity index (χ3n) is 2.66. The van der Waals surface area contributed by atoms with Crippen LogP contribution in [0.2, 0.25) is 0 Å². The van der Waals surface area contributed by atoms with Crippen LogP contribution in [0.15, 0.2) is 52.3 Å². The van der Waals surface area contributed by atoms with Gasteiger partial charge in [0.2, 0.25) is 0 Å². The van der Waals surface area contributed by atoms with E-state index < -0.39 is 11.5 Å². The zero-order valence-electron chi connectivity index (χ0n) is 10.6. The predicted molar refractivity (Wildman–Crippen MR) is 71.9 cm³/mol. The van der Waals surface area contributed by atoms with E-state index in [1.54, 1.807) is 13.1 Å². The lowest BCUT2D eigenvalue weighted by Crippen LogP contribution is -2.27. The first-order valence-corrected chi connectivity index (χ1v) is 5.80. The first-order chi connectivity index (χ1) is 9.15. The summed E-state index contributed by atoms with van der Waals surface area (Å²) in [7, 11) is 1.59. The summed E-state index contributed by atoms with van der Waals surface area (Å²) in [6, 6.07) is 9.15. The van der Waals surface area contributed by atoms with Crippen LogP contribution in [0.5, 0.6) is 0 Å². The van der Waals surface area contributed by atoms with Gasteiger partial charge in [0.25, 0.3) is 5.91 Å². The molecule has 2 aromatic rings. The highest BCUT2D eigenvalue weighted by molar-refractivity contribution is 5.99. The Morgan fingerprint density at radius 1 is 1.42 bits per heavy atom. The molecule has 0 aliphatic heterocycles. The lowest BCUT2D eigenvalue weighted by Gasteiger charge is -2.04. The van der Waals surface area contributed by atoms with Crippen molar-refractivity contribution in [1.29, 1.82) is 0 Å². The van der Waals surface area contributed by atoms with E-state index in [1.807, 2.05) is 30.3 Å². The average Bonchev–Trinajstić information content (AvgIpc) is 2.71. The molecule has 1 N–H and O–H groups in total. The summed E-state index contributed by atoms with van der Waals surface area (Å²) >= 11 is 0. The van der Waals surface area contributed by atoms with Crippen LogP contribution >= 0.6 is 0 Å². The van der Waals surface area contributed by atoms with Crippen LogP contribution in [0.4, 0.5) is 0 Å². The van der Waals surface area contributed by atoms with E-state index >= 15 is 0 Å². The molecule has 0 aliphatic rings. The van der Waals surface area contributed by atoms with Gasteiger partial charge in [0.15, 0.2) is 5.56 Å². The standard InChI is InChI=1S/C14H14N2O3/c1-3-9-15-13(17)11-12(16(2)19-14(11)18)10-7-5-4-6-8-10/h3-8H,1,9H2,2H3,(H,15,17). The number of aryl methyl sites for hydroxylation is 1. The number of amides is 1. The minimum absolute atomic E-state index is 0.00977. The summed E-state index contributed by atoms with van der Waals surface area (Å²) in [5.74, 6) is -0.465. The second-order valence-electron chi connectivity index (χ2n) is 3.96. The summed E-state index contributed by atoms with van der Waals surface area (Å²) in [5, 5.41) is 2.58. The van der Waals surface area contributed by atoms with Crippen LogP contribution < -0.4 is 10.9 Å². The van der Waals surface area contributed by atoms with Crippen molar-refractivity contribution in [3.63, 3.8) is 0 Å². The molecule has 0 fully saturated rings. The maximum atomic E-state index is 12.0. The minimum atomic E-state index is -0.650. The third-order valence-corrected chi connectivity index (χ3v) is 2.66. The van der Waals surface area contributed by atoms with Gasteiger partial charge in [-0.05, 0) is 0 Å². The Morgan fingerprint density at radius 3 is 2.74 bits per heavy atom. The van der Waals surface area contributed by atoms with E-state index in [0.717, 1.165) is 5.56 Å². The summed E-state index contributed by atoms with van der Waals surface area (Å²) in [6.07, 6.45) is 1.55. The molecule has 0 aliphatic carbocycles. The van der Waals surface area contributed by atoms with Crippen LogP contribution in [0.25, 0.3) is 11.3 Å². The molecule has 0 atom stereocenters. The second kappa shape index (κ2) is 5.39. The van der Waals surface area contributed by atoms with Gasteiger partial charge < -0.3 is 9.84 Å². The maximum Gasteiger partial charge on any atom is 0.370 e. The predicted octanol–water partition coefficient (Wildman–Crippen LogP) is 1.56. The number of carbonyl (C=O) groups excluding carboxylic acids is 1. The summed E-state index contributed by atoms with van der Waals surface area (Å²) < 4.78 is 6.28. The molecule has 5 nitrogen and oxygen atoms in total. The number of hydrogen-bond acceptors (Lipinski definition) is 3. The molecule has 2 rings (SSSR count). The van der Waals surface area contributed by atoms with Crippen LogP contribution in [0, 0.1) is 0 Å². The highest BCUT2D eigenvalue weighted by Gasteiger charge is 2.22. The van der Waals surface area contributed by atoms with Crippen molar-refractivity contribution >= 4 is 5.91 Å². The third kappa shape index (κ3) is 2.49. The number of hydrogen-bond donors (Lipinski definition) is 1. The molecule has 1 aromatic carbocycles. The minimum Gasteiger partial charge on any atom is -0.348 e. The lowest BCUT2D eigenvalue weighted by atomic mass is 10.1. The molecule has 1 amide bonds. The monoisotopic (exact) mass is 258 g/mol. The number of nitrogens with one attached hydrogen (secondary N) is 1. The fourth-order valence-corrected chi connectivity index (χ4v) is 1.85. The molecule has 0 unspecified atom stereocenters. The topological polar surface area (TPSA) is 64.2 Å². The molecule has 0 radical (unpaired) electrons. The Balaban J connectivity index is 2.53. The van der Waals surface area contributed by atoms with Gasteiger partial charge in [-0.2, -0.15) is 0 Å². The van der Waals surface area contributed by atoms with E-state index in [1.165, 1.54) is 4.74 Å². The second-order valence-corrected chi connectivity index (χ2v) is 3.96. The maximum absolute atomic E-state index is 12.0. The van der Waals surface area contributed by atoms with Crippen molar-refractivity contribution in [2.24, 2.45) is 7.05 Å². The molecule has 1 heterocycles. The van der Waals surface area contributed by atoms with Crippen LogP contribution in [-0.4, -0.2) is 17.2 Å². The Morgan fingerprint density at radius 2 is 2.11 bits per heavy atom. The van der Waals surface area contributed by atoms with Gasteiger partial charge in [-0.15, -0.1) is 6.58 Å². The van der Waals surface area contributed by atoms with Crippen molar-refractivity contribution in [3.8, 4) is 11.3 Å². The van der Waals surface area contributed by atoms with E-state index in [4.69, 9.17) is 4.52 Å². The Labute approximate surface area is 110 Å². The molecule has 98 valence electrons. The molecule has 19 heavy (non-hydrogen) atoms. The summed E-state index contributed by atoms with van der Waals surface area (Å²) in [6.45, 7) is 3.81. The lowest BCUT2D eigenvalue weighted by molar-refractivity contribution is 0.0956. The molecule has 0 spiro atoms. The SMILES string of the molecule is C=CCNC(=O)c1c(-c2ccccc2)n(C)oc1=O. The summed E-state index contributed by atoms with van der Waals surface area (Å²) in [4.78, 5) is 23.8. The van der Waals surface area contributed by atoms with Crippen molar-refractivity contribution in [3.05, 3.63) is 59.0 Å². The molecule has 0 bridgehead atoms. The van der Waals surface area contributed by atoms with E-state index in [9.17, 15) is 9.59 Å². The molecule has 1 aromatic heterocycles. The van der Waals surface area contributed by atoms with Gasteiger partial charge >= 0.3 is 5.63 Å². The molecule has 0 saturated heterocycles. The van der Waals surface area contributed by atoms with Gasteiger partial charge in [-0.3, -0.25) is 4.79 Å². The van der Waals surface area contributed by atoms with Crippen molar-refractivity contribution in [2.75, 3.05) is 6.54 Å². The fourth-order valence-electron chi connectivity index (χ4n) is 1.85. The zero-order chi connectivity index (χ0) is 13.8. The highest BCUT2D eigenvalue weighted by Crippen LogP contribution is 2.21. The van der Waals surface area contributed by atoms with Crippen molar-refractivity contribution < 1.29 is 9.32 Å². The van der Waals surface area contributed by atoms with E-state index in [0.29, 0.717) is 12.2 Å². The first kappa shape index (κ1) is 12.9. The van der Waals surface area contributed by atoms with Crippen LogP contribution in [0.3, 0.4) is 0 Å². The van der Waals surface area contributed by atoms with E-state index in [-0.39, 0.29) is 5.56 Å². The van der Waals surface area contributed by atoms with Gasteiger partial charge in [0.1, 0.15) is 5.69 Å². The number of rotatable bonds is 4. The smallest absolute Gasteiger partial charge is 0.348 e. The first-order valence-electron chi connectivity index (χ1n) is 5.80. The average molecular weight is 258 g/mol. The molecular formula is C14H14N2O3. The van der Waals surface area contributed by atoms with Gasteiger partial charge in [0.05, 0.1) is 0 Å². The van der Waals surface area contributed by atoms with Crippen molar-refractivity contribution in [1.82, 2.24) is 10.1 Å². The van der Waals surface area contributed by atoms with Gasteiger partial charge in [-0.25, -0.2) is 9.53 Å². The van der Waals surface area contributed by atoms with Gasteiger partial charge in [0, 0.05) is 19.2 Å². The fraction of sp³-hybridized carbons (Fsp3) is 0.143. The number of benzene rings is 1. The van der Waals surface area contributed by atoms with Crippen molar-refractivity contribution in [2.45, 2.75) is 0 Å².